The van der Waals surface area contributed by atoms with Crippen LogP contribution in [0.3, 0.4) is 0 Å². The fourth-order valence-corrected chi connectivity index (χ4v) is 1.48. The van der Waals surface area contributed by atoms with Gasteiger partial charge < -0.3 is 29.2 Å². The van der Waals surface area contributed by atoms with E-state index in [4.69, 9.17) is 24.1 Å². The molecule has 0 radical (unpaired) electrons. The molecule has 0 fully saturated rings. The molecule has 1 atom stereocenters. The fourth-order valence-electron chi connectivity index (χ4n) is 1.48. The van der Waals surface area contributed by atoms with E-state index in [9.17, 15) is 5.11 Å². The van der Waals surface area contributed by atoms with E-state index in [2.05, 4.69) is 14.2 Å². The quantitative estimate of drug-likeness (QED) is 0.232. The molecule has 2 N–H and O–H groups in total. The molecule has 0 spiro atoms. The van der Waals surface area contributed by atoms with E-state index in [-0.39, 0.29) is 26.9 Å². The van der Waals surface area contributed by atoms with Gasteiger partial charge in [-0.2, -0.15) is 0 Å². The second-order valence-corrected chi connectivity index (χ2v) is 5.94. The molecule has 0 aliphatic rings. The second kappa shape index (κ2) is 21.8. The van der Waals surface area contributed by atoms with E-state index in [1.165, 1.54) is 0 Å². The smallest absolute Gasteiger partial charge is 0.0700 e. The first-order chi connectivity index (χ1) is 9.89. The zero-order valence-electron chi connectivity index (χ0n) is 15.3. The molecule has 8 heteroatoms. The Morgan fingerprint density at radius 3 is 1.52 bits per heavy atom. The van der Waals surface area contributed by atoms with Crippen LogP contribution < -0.4 is 0 Å². The molecular formula is C17H40O6Rf2-2. The van der Waals surface area contributed by atoms with Crippen LogP contribution >= 0.6 is 0 Å². The monoisotopic (exact) mass is 875 g/mol. The van der Waals surface area contributed by atoms with Crippen LogP contribution in [-0.4, -0.2) is 63.6 Å². The molecule has 0 aromatic rings. The van der Waals surface area contributed by atoms with Crippen molar-refractivity contribution in [2.45, 2.75) is 35.6 Å². The summed E-state index contributed by atoms with van der Waals surface area (Å²) >= 11 is 0. The first-order valence-electron chi connectivity index (χ1n) is 6.84. The largest absolute Gasteiger partial charge is 0.555 e. The first-order valence-corrected chi connectivity index (χ1v) is 6.84. The van der Waals surface area contributed by atoms with E-state index >= 15 is 0 Å². The Hall–Kier alpha value is -2.24. The van der Waals surface area contributed by atoms with Crippen molar-refractivity contribution >= 4 is 0 Å². The Morgan fingerprint density at radius 2 is 1.16 bits per heavy atom. The molecule has 0 aliphatic carbocycles. The number of aliphatic hydroxyl groups is 2. The van der Waals surface area contributed by atoms with Gasteiger partial charge in [0.15, 0.2) is 0 Å². The Labute approximate surface area is 144 Å². The number of hydrogen-bond donors (Lipinski definition) is 2. The maximum absolute atomic E-state index is 9.25. The molecule has 0 amide bonds. The number of rotatable bonds is 12. The van der Waals surface area contributed by atoms with Crippen molar-refractivity contribution in [3.63, 3.8) is 0 Å². The summed E-state index contributed by atoms with van der Waals surface area (Å²) in [5.74, 6) is 0. The summed E-state index contributed by atoms with van der Waals surface area (Å²) < 4.78 is 20.7. The van der Waals surface area contributed by atoms with Gasteiger partial charge in [0, 0.05) is 31.2 Å². The van der Waals surface area contributed by atoms with Gasteiger partial charge in [-0.15, -0.1) is 0 Å². The Kier molecular flexibility index (Phi) is 33.4. The summed E-state index contributed by atoms with van der Waals surface area (Å²) in [5.41, 5.74) is -0.466. The van der Waals surface area contributed by atoms with Crippen molar-refractivity contribution in [3.8, 4) is 0 Å². The minimum absolute atomic E-state index is 0. The van der Waals surface area contributed by atoms with Crippen LogP contribution in [0.2, 0.25) is 0 Å². The van der Waals surface area contributed by atoms with Crippen LogP contribution in [0, 0.1) is 25.0 Å². The number of hydrogen-bond acceptors (Lipinski definition) is 6. The van der Waals surface area contributed by atoms with Crippen molar-refractivity contribution in [2.24, 2.45) is 10.8 Å². The summed E-state index contributed by atoms with van der Waals surface area (Å²) in [7, 11) is 7.67. The average molecular weight is 875 g/mol. The Balaban J connectivity index is -0.000000145. The molecule has 0 aromatic heterocycles. The summed E-state index contributed by atoms with van der Waals surface area (Å²) in [6.07, 6.45) is 0. The van der Waals surface area contributed by atoms with Gasteiger partial charge in [0.25, 0.3) is 0 Å². The van der Waals surface area contributed by atoms with Gasteiger partial charge in [-0.05, 0) is 0 Å². The molecule has 0 heterocycles. The van der Waals surface area contributed by atoms with E-state index in [0.717, 1.165) is 7.11 Å². The molecule has 1 unspecified atom stereocenters. The molecule has 0 saturated heterocycles. The van der Waals surface area contributed by atoms with E-state index in [0.29, 0.717) is 39.6 Å². The third-order valence-corrected chi connectivity index (χ3v) is 2.64. The molecule has 0 saturated carbocycles. The zero-order valence-corrected chi connectivity index (χ0v) is 28.1. The minimum atomic E-state index is -0.414. The van der Waals surface area contributed by atoms with Crippen LogP contribution in [-0.2, 0) is 18.9 Å². The molecule has 0 aromatic carbocycles. The molecule has 0 bridgehead atoms. The maximum Gasteiger partial charge on any atom is 0.0700 e. The van der Waals surface area contributed by atoms with Crippen LogP contribution in [0.15, 0.2) is 0 Å². The molecule has 150 valence electrons. The number of ether oxygens (including phenoxy) is 4. The predicted molar refractivity (Wildman–Crippen MR) is 94.8 cm³/mol. The average Bonchev–Trinajstić information content (AvgIpc) is 2.45. The predicted octanol–water partition coefficient (Wildman–Crippen LogP) is 2.54. The van der Waals surface area contributed by atoms with Gasteiger partial charge >= 0.3 is 0 Å². The van der Waals surface area contributed by atoms with Gasteiger partial charge in [0.2, 0.25) is 0 Å². The third-order valence-electron chi connectivity index (χ3n) is 2.64. The van der Waals surface area contributed by atoms with Gasteiger partial charge in [0.05, 0.1) is 33.0 Å². The standard InChI is InChI=1S/C14H28O5.CH4O.2CH4.2Rf/c1-13(2,9-16-4)10-18-6-7-19-12-14(3,8-15)11-17-5;1-2;;;;/h15H,4-12H2,1-3H3;2H,1H3;2*1H4;;/q-2;;;;;. The SMILES string of the molecule is C.C.CO.[CH2-]OCC(C)(C)COCCOCC(C)(CO)CO[CH2-].[Rf].[Rf]. The molecule has 0 aliphatic heterocycles. The van der Waals surface area contributed by atoms with Crippen molar-refractivity contribution < 1.29 is 29.2 Å². The number of aliphatic hydroxyl groups excluding tert-OH is 2. The van der Waals surface area contributed by atoms with Gasteiger partial charge in [-0.25, -0.2) is 14.2 Å². The minimum Gasteiger partial charge on any atom is -0.555 e. The summed E-state index contributed by atoms with van der Waals surface area (Å²) in [6, 6.07) is 0. The van der Waals surface area contributed by atoms with Crippen molar-refractivity contribution in [3.05, 3.63) is 14.2 Å². The van der Waals surface area contributed by atoms with Gasteiger partial charge in [0.1, 0.15) is 0 Å². The summed E-state index contributed by atoms with van der Waals surface area (Å²) in [4.78, 5) is 0. The van der Waals surface area contributed by atoms with Crippen molar-refractivity contribution in [2.75, 3.05) is 53.4 Å². The van der Waals surface area contributed by atoms with E-state index < -0.39 is 5.41 Å². The van der Waals surface area contributed by atoms with Gasteiger partial charge in [-0.3, -0.25) is 0 Å². The van der Waals surface area contributed by atoms with Crippen LogP contribution in [0.4, 0.5) is 0 Å². The van der Waals surface area contributed by atoms with Crippen LogP contribution in [0.1, 0.15) is 35.6 Å². The molecule has 0 rings (SSSR count). The molecular weight excluding hydrogens is 834 g/mol. The zero-order chi connectivity index (χ0) is 16.8. The van der Waals surface area contributed by atoms with Crippen LogP contribution in [0.25, 0.3) is 0 Å². The maximum atomic E-state index is 9.25. The normalized spacial score (nSPS) is 12.0. The second-order valence-electron chi connectivity index (χ2n) is 5.94. The first kappa shape index (κ1) is 38.4. The van der Waals surface area contributed by atoms with Crippen molar-refractivity contribution in [1.29, 1.82) is 0 Å². The topological polar surface area (TPSA) is 77.4 Å². The Morgan fingerprint density at radius 1 is 0.760 bits per heavy atom. The fraction of sp³-hybridized carbons (Fsp3) is 0.882. The van der Waals surface area contributed by atoms with Crippen LogP contribution in [0.5, 0.6) is 0 Å². The third kappa shape index (κ3) is 21.8. The summed E-state index contributed by atoms with van der Waals surface area (Å²) in [6.45, 7) is 8.88. The van der Waals surface area contributed by atoms with Gasteiger partial charge in [-0.1, -0.05) is 35.6 Å². The summed E-state index contributed by atoms with van der Waals surface area (Å²) in [5, 5.41) is 16.2. The molecule has 25 heavy (non-hydrogen) atoms. The van der Waals surface area contributed by atoms with E-state index in [1.54, 1.807) is 0 Å². The molecule has 6 nitrogen and oxygen atoms in total. The Bertz CT molecular complexity index is 233. The van der Waals surface area contributed by atoms with Crippen molar-refractivity contribution in [1.82, 2.24) is 0 Å². The van der Waals surface area contributed by atoms with E-state index in [1.807, 2.05) is 20.8 Å².